The second-order valence-electron chi connectivity index (χ2n) is 6.02. The third-order valence-corrected chi connectivity index (χ3v) is 4.09. The lowest BCUT2D eigenvalue weighted by Gasteiger charge is -2.32. The highest BCUT2D eigenvalue weighted by molar-refractivity contribution is 5.94. The summed E-state index contributed by atoms with van der Waals surface area (Å²) in [6, 6.07) is 7.26. The largest absolute Gasteiger partial charge is 0.494 e. The van der Waals surface area contributed by atoms with Crippen LogP contribution in [0.2, 0.25) is 0 Å². The van der Waals surface area contributed by atoms with Crippen LogP contribution in [-0.4, -0.2) is 46.7 Å². The maximum Gasteiger partial charge on any atom is 0.253 e. The second-order valence-corrected chi connectivity index (χ2v) is 6.02. The van der Waals surface area contributed by atoms with Crippen molar-refractivity contribution in [2.24, 2.45) is 0 Å². The van der Waals surface area contributed by atoms with Crippen LogP contribution in [0.1, 0.15) is 41.8 Å². The highest BCUT2D eigenvalue weighted by Gasteiger charge is 2.25. The zero-order valence-electron chi connectivity index (χ0n) is 14.6. The summed E-state index contributed by atoms with van der Waals surface area (Å²) in [5.41, 5.74) is 0.664. The summed E-state index contributed by atoms with van der Waals surface area (Å²) in [6.45, 7) is 5.90. The van der Waals surface area contributed by atoms with Crippen molar-refractivity contribution < 1.29 is 18.8 Å². The number of nitrogens with zero attached hydrogens (tertiary/aromatic N) is 3. The molecule has 134 valence electrons. The maximum atomic E-state index is 12.7. The van der Waals surface area contributed by atoms with Crippen molar-refractivity contribution in [1.29, 1.82) is 0 Å². The van der Waals surface area contributed by atoms with Gasteiger partial charge in [-0.25, -0.2) is 0 Å². The molecule has 1 aromatic heterocycles. The minimum Gasteiger partial charge on any atom is -0.494 e. The van der Waals surface area contributed by atoms with E-state index in [2.05, 4.69) is 10.1 Å². The lowest BCUT2D eigenvalue weighted by atomic mass is 10.1. The molecule has 2 aromatic rings. The third kappa shape index (κ3) is 4.57. The fourth-order valence-electron chi connectivity index (χ4n) is 2.89. The molecule has 0 N–H and O–H groups in total. The van der Waals surface area contributed by atoms with E-state index in [1.165, 1.54) is 0 Å². The molecule has 0 bridgehead atoms. The fraction of sp³-hybridized carbons (Fsp3) is 0.500. The Morgan fingerprint density at radius 1 is 1.36 bits per heavy atom. The molecular formula is C18H23N3O4. The molecule has 2 heterocycles. The molecule has 1 fully saturated rings. The summed E-state index contributed by atoms with van der Waals surface area (Å²) >= 11 is 0. The normalized spacial score (nSPS) is 17.5. The molecule has 0 spiro atoms. The van der Waals surface area contributed by atoms with Gasteiger partial charge in [-0.2, -0.15) is 4.98 Å². The van der Waals surface area contributed by atoms with Gasteiger partial charge in [0.25, 0.3) is 11.8 Å². The molecule has 1 aliphatic rings. The lowest BCUT2D eigenvalue weighted by molar-refractivity contribution is -0.0153. The van der Waals surface area contributed by atoms with Crippen LogP contribution in [0.15, 0.2) is 28.8 Å². The topological polar surface area (TPSA) is 77.7 Å². The third-order valence-electron chi connectivity index (χ3n) is 4.09. The number of ether oxygens (including phenoxy) is 2. The van der Waals surface area contributed by atoms with Crippen LogP contribution in [0.4, 0.5) is 0 Å². The molecule has 0 saturated carbocycles. The van der Waals surface area contributed by atoms with Gasteiger partial charge in [0, 0.05) is 18.7 Å². The average Bonchev–Trinajstić information content (AvgIpc) is 3.06. The number of carbonyl (C=O) groups is 1. The van der Waals surface area contributed by atoms with Crippen LogP contribution in [0.25, 0.3) is 0 Å². The van der Waals surface area contributed by atoms with Crippen molar-refractivity contribution in [1.82, 2.24) is 15.0 Å². The van der Waals surface area contributed by atoms with E-state index in [0.29, 0.717) is 30.4 Å². The monoisotopic (exact) mass is 345 g/mol. The van der Waals surface area contributed by atoms with Crippen molar-refractivity contribution in [3.8, 4) is 5.75 Å². The number of aromatic nitrogens is 2. The Labute approximate surface area is 146 Å². The molecule has 7 nitrogen and oxygen atoms in total. The van der Waals surface area contributed by atoms with Gasteiger partial charge in [-0.3, -0.25) is 4.79 Å². The van der Waals surface area contributed by atoms with Gasteiger partial charge in [0.15, 0.2) is 5.82 Å². The molecular weight excluding hydrogens is 322 g/mol. The first-order chi connectivity index (χ1) is 12.2. The molecule has 1 aromatic carbocycles. The van der Waals surface area contributed by atoms with Crippen molar-refractivity contribution >= 4 is 5.91 Å². The Hall–Kier alpha value is -2.41. The summed E-state index contributed by atoms with van der Waals surface area (Å²) in [5, 5.41) is 3.74. The number of hydrogen-bond donors (Lipinski definition) is 0. The Bertz CT molecular complexity index is 699. The van der Waals surface area contributed by atoms with E-state index >= 15 is 0 Å². The van der Waals surface area contributed by atoms with Crippen molar-refractivity contribution in [2.45, 2.75) is 39.4 Å². The van der Waals surface area contributed by atoms with Crippen LogP contribution < -0.4 is 4.74 Å². The van der Waals surface area contributed by atoms with E-state index in [4.69, 9.17) is 14.0 Å². The number of amides is 1. The highest BCUT2D eigenvalue weighted by atomic mass is 16.5. The Balaban J connectivity index is 1.55. The average molecular weight is 345 g/mol. The minimum atomic E-state index is -0.0207. The molecule has 0 radical (unpaired) electrons. The fourth-order valence-corrected chi connectivity index (χ4v) is 2.89. The summed E-state index contributed by atoms with van der Waals surface area (Å²) < 4.78 is 16.3. The van der Waals surface area contributed by atoms with E-state index in [9.17, 15) is 4.79 Å². The first-order valence-corrected chi connectivity index (χ1v) is 8.58. The summed E-state index contributed by atoms with van der Waals surface area (Å²) in [7, 11) is 0. The van der Waals surface area contributed by atoms with Gasteiger partial charge in [-0.05, 0) is 51.0 Å². The number of likely N-dealkylation sites (tertiary alicyclic amines) is 1. The number of benzene rings is 1. The molecule has 1 saturated heterocycles. The molecule has 0 unspecified atom stereocenters. The lowest BCUT2D eigenvalue weighted by Crippen LogP contribution is -2.43. The highest BCUT2D eigenvalue weighted by Crippen LogP contribution is 2.19. The standard InChI is InChI=1S/C18H23N3O4/c1-3-23-15-8-6-14(7-9-15)18(22)21-10-4-5-16(11-21)24-12-17-19-13(2)20-25-17/h6-9,16H,3-5,10-12H2,1-2H3/t16-/m0/s1. The first-order valence-electron chi connectivity index (χ1n) is 8.58. The predicted octanol–water partition coefficient (Wildman–Crippen LogP) is 2.60. The number of carbonyl (C=O) groups excluding carboxylic acids is 1. The van der Waals surface area contributed by atoms with E-state index in [-0.39, 0.29) is 18.6 Å². The van der Waals surface area contributed by atoms with Gasteiger partial charge >= 0.3 is 0 Å². The SMILES string of the molecule is CCOc1ccc(C(=O)N2CCC[C@H](OCc3nc(C)no3)C2)cc1. The number of hydrogen-bond acceptors (Lipinski definition) is 6. The van der Waals surface area contributed by atoms with Gasteiger partial charge in [0.1, 0.15) is 12.4 Å². The summed E-state index contributed by atoms with van der Waals surface area (Å²) in [4.78, 5) is 18.6. The number of piperidine rings is 1. The number of aryl methyl sites for hydroxylation is 1. The zero-order chi connectivity index (χ0) is 17.6. The molecule has 1 aliphatic heterocycles. The van der Waals surface area contributed by atoms with Crippen LogP contribution >= 0.6 is 0 Å². The zero-order valence-corrected chi connectivity index (χ0v) is 14.6. The minimum absolute atomic E-state index is 0.0185. The van der Waals surface area contributed by atoms with Gasteiger partial charge in [0.05, 0.1) is 12.7 Å². The Morgan fingerprint density at radius 3 is 2.84 bits per heavy atom. The van der Waals surface area contributed by atoms with Crippen LogP contribution in [-0.2, 0) is 11.3 Å². The molecule has 7 heteroatoms. The molecule has 0 aliphatic carbocycles. The quantitative estimate of drug-likeness (QED) is 0.801. The van der Waals surface area contributed by atoms with Crippen LogP contribution in [0.3, 0.4) is 0 Å². The predicted molar refractivity (Wildman–Crippen MR) is 90.4 cm³/mol. The van der Waals surface area contributed by atoms with Crippen LogP contribution in [0.5, 0.6) is 5.75 Å². The molecule has 1 atom stereocenters. The summed E-state index contributed by atoms with van der Waals surface area (Å²) in [6.07, 6.45) is 1.81. The maximum absolute atomic E-state index is 12.7. The van der Waals surface area contributed by atoms with Crippen LogP contribution in [0, 0.1) is 6.92 Å². The van der Waals surface area contributed by atoms with Gasteiger partial charge in [-0.1, -0.05) is 5.16 Å². The van der Waals surface area contributed by atoms with Gasteiger partial charge < -0.3 is 18.9 Å². The van der Waals surface area contributed by atoms with Crippen molar-refractivity contribution in [2.75, 3.05) is 19.7 Å². The Morgan fingerprint density at radius 2 is 2.16 bits per heavy atom. The van der Waals surface area contributed by atoms with E-state index in [1.54, 1.807) is 19.1 Å². The molecule has 1 amide bonds. The summed E-state index contributed by atoms with van der Waals surface area (Å²) in [5.74, 6) is 1.85. The molecule has 3 rings (SSSR count). The first kappa shape index (κ1) is 17.4. The van der Waals surface area contributed by atoms with Crippen molar-refractivity contribution in [3.05, 3.63) is 41.5 Å². The van der Waals surface area contributed by atoms with E-state index in [0.717, 1.165) is 25.1 Å². The van der Waals surface area contributed by atoms with Crippen molar-refractivity contribution in [3.63, 3.8) is 0 Å². The van der Waals surface area contributed by atoms with Gasteiger partial charge in [-0.15, -0.1) is 0 Å². The molecule has 25 heavy (non-hydrogen) atoms. The second kappa shape index (κ2) is 8.11. The van der Waals surface area contributed by atoms with E-state index < -0.39 is 0 Å². The van der Waals surface area contributed by atoms with E-state index in [1.807, 2.05) is 24.0 Å². The Kier molecular flexibility index (Phi) is 5.65. The van der Waals surface area contributed by atoms with Gasteiger partial charge in [0.2, 0.25) is 0 Å². The number of rotatable bonds is 6. The smallest absolute Gasteiger partial charge is 0.253 e.